The van der Waals surface area contributed by atoms with E-state index in [-0.39, 0.29) is 0 Å². The number of nitrogens with two attached hydrogens (primary N) is 1. The molecule has 0 amide bonds. The summed E-state index contributed by atoms with van der Waals surface area (Å²) in [5.74, 6) is 1.47. The first-order valence-electron chi connectivity index (χ1n) is 8.36. The van der Waals surface area contributed by atoms with Crippen LogP contribution >= 0.6 is 0 Å². The van der Waals surface area contributed by atoms with E-state index in [1.165, 1.54) is 0 Å². The zero-order chi connectivity index (χ0) is 17.8. The minimum Gasteiger partial charge on any atom is -0.492 e. The fourth-order valence-corrected chi connectivity index (χ4v) is 2.57. The van der Waals surface area contributed by atoms with Crippen molar-refractivity contribution in [2.24, 2.45) is 0 Å². The second-order valence-electron chi connectivity index (χ2n) is 6.07. The maximum absolute atomic E-state index is 6.07. The zero-order valence-corrected chi connectivity index (χ0v) is 14.9. The molecule has 0 atom stereocenters. The molecule has 0 spiro atoms. The number of hydrogen-bond donors (Lipinski definition) is 1. The molecule has 2 N–H and O–H groups in total. The van der Waals surface area contributed by atoms with Crippen molar-refractivity contribution in [1.29, 1.82) is 0 Å². The van der Waals surface area contributed by atoms with Crippen LogP contribution in [0.15, 0.2) is 42.7 Å². The highest BCUT2D eigenvalue weighted by molar-refractivity contribution is 5.71. The van der Waals surface area contributed by atoms with Gasteiger partial charge < -0.3 is 24.5 Å². The van der Waals surface area contributed by atoms with Crippen LogP contribution in [0.5, 0.6) is 11.5 Å². The molecule has 0 radical (unpaired) electrons. The average molecular weight is 340 g/mol. The summed E-state index contributed by atoms with van der Waals surface area (Å²) in [5, 5.41) is 0. The van der Waals surface area contributed by atoms with Gasteiger partial charge in [0.05, 0.1) is 18.0 Å². The highest BCUT2D eigenvalue weighted by Gasteiger charge is 2.11. The van der Waals surface area contributed by atoms with Gasteiger partial charge in [0, 0.05) is 24.5 Å². The lowest BCUT2D eigenvalue weighted by Gasteiger charge is -2.11. The van der Waals surface area contributed by atoms with Gasteiger partial charge in [-0.05, 0) is 51.4 Å². The monoisotopic (exact) mass is 340 g/mol. The van der Waals surface area contributed by atoms with Crippen molar-refractivity contribution in [2.75, 3.05) is 39.6 Å². The van der Waals surface area contributed by atoms with Crippen LogP contribution in [0, 0.1) is 0 Å². The number of fused-ring (bicyclic) bond motifs is 1. The quantitative estimate of drug-likeness (QED) is 0.670. The molecule has 0 fully saturated rings. The minimum atomic E-state index is 0.589. The fourth-order valence-electron chi connectivity index (χ4n) is 2.57. The molecular formula is C19H24N4O2. The summed E-state index contributed by atoms with van der Waals surface area (Å²) >= 11 is 0. The van der Waals surface area contributed by atoms with Gasteiger partial charge in [-0.2, -0.15) is 0 Å². The predicted molar refractivity (Wildman–Crippen MR) is 100 cm³/mol. The first-order chi connectivity index (χ1) is 12.1. The van der Waals surface area contributed by atoms with E-state index in [9.17, 15) is 0 Å². The number of ether oxygens (including phenoxy) is 2. The third-order valence-electron chi connectivity index (χ3n) is 3.85. The average Bonchev–Trinajstić information content (AvgIpc) is 3.01. The smallest absolute Gasteiger partial charge is 0.180 e. The lowest BCUT2D eigenvalue weighted by Crippen LogP contribution is -2.19. The molecule has 0 unspecified atom stereocenters. The molecule has 0 bridgehead atoms. The van der Waals surface area contributed by atoms with Crippen molar-refractivity contribution in [3.8, 4) is 22.8 Å². The van der Waals surface area contributed by atoms with Crippen molar-refractivity contribution in [3.63, 3.8) is 0 Å². The first-order valence-corrected chi connectivity index (χ1v) is 8.36. The van der Waals surface area contributed by atoms with Crippen LogP contribution in [0.2, 0.25) is 0 Å². The molecule has 6 nitrogen and oxygen atoms in total. The molecule has 0 aliphatic rings. The molecule has 3 rings (SSSR count). The Morgan fingerprint density at radius 3 is 2.72 bits per heavy atom. The zero-order valence-electron chi connectivity index (χ0n) is 14.9. The summed E-state index contributed by atoms with van der Waals surface area (Å²) < 4.78 is 13.3. The largest absolute Gasteiger partial charge is 0.492 e. The number of aromatic nitrogens is 2. The molecule has 0 saturated carbocycles. The van der Waals surface area contributed by atoms with Crippen LogP contribution < -0.4 is 15.2 Å². The molecule has 6 heteroatoms. The van der Waals surface area contributed by atoms with Crippen LogP contribution in [-0.2, 0) is 0 Å². The Balaban J connectivity index is 1.89. The van der Waals surface area contributed by atoms with E-state index in [0.29, 0.717) is 24.7 Å². The van der Waals surface area contributed by atoms with Crippen molar-refractivity contribution in [2.45, 2.75) is 6.92 Å². The number of anilines is 1. The normalized spacial score (nSPS) is 11.2. The standard InChI is InChI=1S/C19H24N4O2/c1-4-24-17-8-7-14(12-15(17)20)16-13-23-9-5-6-18(19(23)21-16)25-11-10-22(2)3/h5-9,12-13H,4,10-11,20H2,1-3H3. The van der Waals surface area contributed by atoms with E-state index in [1.54, 1.807) is 0 Å². The molecule has 2 aromatic heterocycles. The van der Waals surface area contributed by atoms with Gasteiger partial charge in [0.25, 0.3) is 0 Å². The minimum absolute atomic E-state index is 0.589. The Morgan fingerprint density at radius 1 is 1.16 bits per heavy atom. The number of pyridine rings is 1. The maximum atomic E-state index is 6.07. The molecule has 132 valence electrons. The molecule has 1 aromatic carbocycles. The highest BCUT2D eigenvalue weighted by atomic mass is 16.5. The third kappa shape index (κ3) is 3.85. The Kier molecular flexibility index (Phi) is 5.09. The number of rotatable bonds is 7. The van der Waals surface area contributed by atoms with Crippen molar-refractivity contribution >= 4 is 11.3 Å². The Hall–Kier alpha value is -2.73. The number of nitrogen functional groups attached to an aromatic ring is 1. The molecular weight excluding hydrogens is 316 g/mol. The van der Waals surface area contributed by atoms with Gasteiger partial charge in [-0.15, -0.1) is 0 Å². The van der Waals surface area contributed by atoms with Gasteiger partial charge in [-0.1, -0.05) is 0 Å². The molecule has 25 heavy (non-hydrogen) atoms. The molecule has 0 aliphatic heterocycles. The highest BCUT2D eigenvalue weighted by Crippen LogP contribution is 2.29. The van der Waals surface area contributed by atoms with E-state index in [2.05, 4.69) is 4.90 Å². The molecule has 0 aliphatic carbocycles. The Bertz CT molecular complexity index is 858. The van der Waals surface area contributed by atoms with Gasteiger partial charge in [-0.25, -0.2) is 4.98 Å². The Labute approximate surface area is 147 Å². The second kappa shape index (κ2) is 7.44. The van der Waals surface area contributed by atoms with E-state index >= 15 is 0 Å². The van der Waals surface area contributed by atoms with Gasteiger partial charge in [0.15, 0.2) is 11.4 Å². The predicted octanol–water partition coefficient (Wildman–Crippen LogP) is 2.92. The van der Waals surface area contributed by atoms with E-state index in [0.717, 1.165) is 29.2 Å². The van der Waals surface area contributed by atoms with Crippen LogP contribution in [0.1, 0.15) is 6.92 Å². The summed E-state index contributed by atoms with van der Waals surface area (Å²) in [6, 6.07) is 9.63. The van der Waals surface area contributed by atoms with Crippen LogP contribution in [0.3, 0.4) is 0 Å². The van der Waals surface area contributed by atoms with Gasteiger partial charge >= 0.3 is 0 Å². The van der Waals surface area contributed by atoms with E-state index in [4.69, 9.17) is 20.2 Å². The number of likely N-dealkylation sites (N-methyl/N-ethyl adjacent to an activating group) is 1. The number of imidazole rings is 1. The lowest BCUT2D eigenvalue weighted by atomic mass is 10.1. The summed E-state index contributed by atoms with van der Waals surface area (Å²) in [6.07, 6.45) is 3.94. The van der Waals surface area contributed by atoms with Gasteiger partial charge in [0.1, 0.15) is 12.4 Å². The van der Waals surface area contributed by atoms with Gasteiger partial charge in [0.2, 0.25) is 0 Å². The Morgan fingerprint density at radius 2 is 2.00 bits per heavy atom. The topological polar surface area (TPSA) is 65.0 Å². The summed E-state index contributed by atoms with van der Waals surface area (Å²) in [6.45, 7) is 3.99. The molecule has 3 aromatic rings. The molecule has 2 heterocycles. The second-order valence-corrected chi connectivity index (χ2v) is 6.07. The van der Waals surface area contributed by atoms with Crippen LogP contribution in [-0.4, -0.2) is 48.1 Å². The lowest BCUT2D eigenvalue weighted by molar-refractivity contribution is 0.262. The van der Waals surface area contributed by atoms with Gasteiger partial charge in [-0.3, -0.25) is 0 Å². The SMILES string of the molecule is CCOc1ccc(-c2cn3cccc(OCCN(C)C)c3n2)cc1N. The van der Waals surface area contributed by atoms with Crippen molar-refractivity contribution in [1.82, 2.24) is 14.3 Å². The first kappa shape index (κ1) is 17.1. The fraction of sp³-hybridized carbons (Fsp3) is 0.316. The van der Waals surface area contributed by atoms with Crippen molar-refractivity contribution in [3.05, 3.63) is 42.7 Å². The van der Waals surface area contributed by atoms with Crippen molar-refractivity contribution < 1.29 is 9.47 Å². The summed E-state index contributed by atoms with van der Waals surface area (Å²) in [4.78, 5) is 6.81. The maximum Gasteiger partial charge on any atom is 0.180 e. The van der Waals surface area contributed by atoms with E-state index < -0.39 is 0 Å². The summed E-state index contributed by atoms with van der Waals surface area (Å²) in [5.41, 5.74) is 9.27. The van der Waals surface area contributed by atoms with Crippen LogP contribution in [0.4, 0.5) is 5.69 Å². The number of benzene rings is 1. The molecule has 0 saturated heterocycles. The number of nitrogens with zero attached hydrogens (tertiary/aromatic N) is 3. The number of hydrogen-bond acceptors (Lipinski definition) is 5. The van der Waals surface area contributed by atoms with E-state index in [1.807, 2.05) is 68.1 Å². The van der Waals surface area contributed by atoms with Crippen LogP contribution in [0.25, 0.3) is 16.9 Å². The summed E-state index contributed by atoms with van der Waals surface area (Å²) in [7, 11) is 4.04. The third-order valence-corrected chi connectivity index (χ3v) is 3.85.